The summed E-state index contributed by atoms with van der Waals surface area (Å²) in [6, 6.07) is 6.25. The summed E-state index contributed by atoms with van der Waals surface area (Å²) in [5, 5.41) is 1.06. The minimum atomic E-state index is 1.06. The van der Waals surface area contributed by atoms with Crippen LogP contribution in [0.25, 0.3) is 0 Å². The zero-order valence-corrected chi connectivity index (χ0v) is 9.66. The predicted octanol–water partition coefficient (Wildman–Crippen LogP) is 3.61. The molecule has 0 radical (unpaired) electrons. The summed E-state index contributed by atoms with van der Waals surface area (Å²) in [6.07, 6.45) is 2.30. The second kappa shape index (κ2) is 4.93. The van der Waals surface area contributed by atoms with Crippen LogP contribution in [0.2, 0.25) is 0 Å². The van der Waals surface area contributed by atoms with Crippen LogP contribution in [0.4, 0.5) is 0 Å². The molecule has 0 aliphatic rings. The number of halogens is 1. The van der Waals surface area contributed by atoms with Crippen LogP contribution in [0, 0.1) is 6.92 Å². The van der Waals surface area contributed by atoms with Crippen LogP contribution in [0.3, 0.4) is 0 Å². The maximum absolute atomic E-state index is 4.43. The SMILES string of the molecule is Cc1cccc(S)c1CCCBr. The Balaban J connectivity index is 2.81. The summed E-state index contributed by atoms with van der Waals surface area (Å²) < 4.78 is 0. The highest BCUT2D eigenvalue weighted by atomic mass is 79.9. The summed E-state index contributed by atoms with van der Waals surface area (Å²) in [5.41, 5.74) is 2.74. The minimum Gasteiger partial charge on any atom is -0.143 e. The fraction of sp³-hybridized carbons (Fsp3) is 0.400. The van der Waals surface area contributed by atoms with Crippen molar-refractivity contribution in [2.75, 3.05) is 5.33 Å². The van der Waals surface area contributed by atoms with Gasteiger partial charge in [0.1, 0.15) is 0 Å². The molecule has 0 aliphatic carbocycles. The van der Waals surface area contributed by atoms with Crippen LogP contribution >= 0.6 is 28.6 Å². The van der Waals surface area contributed by atoms with Crippen molar-refractivity contribution in [3.8, 4) is 0 Å². The molecule has 0 bridgehead atoms. The predicted molar refractivity (Wildman–Crippen MR) is 60.5 cm³/mol. The second-order valence-electron chi connectivity index (χ2n) is 2.87. The van der Waals surface area contributed by atoms with E-state index in [-0.39, 0.29) is 0 Å². The van der Waals surface area contributed by atoms with Crippen LogP contribution in [0.5, 0.6) is 0 Å². The van der Waals surface area contributed by atoms with E-state index in [1.165, 1.54) is 17.5 Å². The summed E-state index contributed by atoms with van der Waals surface area (Å²) in [7, 11) is 0. The third-order valence-electron chi connectivity index (χ3n) is 1.95. The van der Waals surface area contributed by atoms with Crippen molar-refractivity contribution in [2.24, 2.45) is 0 Å². The minimum absolute atomic E-state index is 1.06. The van der Waals surface area contributed by atoms with E-state index in [4.69, 9.17) is 0 Å². The number of thiol groups is 1. The quantitative estimate of drug-likeness (QED) is 0.610. The Morgan fingerprint density at radius 1 is 1.42 bits per heavy atom. The average molecular weight is 245 g/mol. The number of aryl methyl sites for hydroxylation is 1. The van der Waals surface area contributed by atoms with Gasteiger partial charge in [-0.25, -0.2) is 0 Å². The van der Waals surface area contributed by atoms with Crippen molar-refractivity contribution >= 4 is 28.6 Å². The summed E-state index contributed by atoms with van der Waals surface area (Å²) in [6.45, 7) is 2.14. The van der Waals surface area contributed by atoms with E-state index in [0.717, 1.165) is 16.6 Å². The largest absolute Gasteiger partial charge is 0.143 e. The first-order valence-electron chi connectivity index (χ1n) is 4.09. The highest BCUT2D eigenvalue weighted by Gasteiger charge is 2.00. The van der Waals surface area contributed by atoms with E-state index in [0.29, 0.717) is 0 Å². The Labute approximate surface area is 87.9 Å². The molecule has 0 nitrogen and oxygen atoms in total. The maximum atomic E-state index is 4.43. The molecule has 0 heterocycles. The molecule has 0 saturated heterocycles. The third kappa shape index (κ3) is 2.53. The topological polar surface area (TPSA) is 0 Å². The molecule has 0 amide bonds. The molecule has 0 saturated carbocycles. The lowest BCUT2D eigenvalue weighted by Crippen LogP contribution is -1.91. The zero-order chi connectivity index (χ0) is 8.97. The van der Waals surface area contributed by atoms with Crippen LogP contribution in [0.15, 0.2) is 23.1 Å². The van der Waals surface area contributed by atoms with E-state index in [2.05, 4.69) is 53.7 Å². The Morgan fingerprint density at radius 2 is 2.17 bits per heavy atom. The normalized spacial score (nSPS) is 10.2. The molecule has 1 aromatic carbocycles. The molecule has 0 atom stereocenters. The Morgan fingerprint density at radius 3 is 2.75 bits per heavy atom. The average Bonchev–Trinajstić information content (AvgIpc) is 2.04. The second-order valence-corrected chi connectivity index (χ2v) is 4.14. The standard InChI is InChI=1S/C10H13BrS/c1-8-4-2-6-10(12)9(8)5-3-7-11/h2,4,6,12H,3,5,7H2,1H3. The van der Waals surface area contributed by atoms with Crippen molar-refractivity contribution in [1.29, 1.82) is 0 Å². The highest BCUT2D eigenvalue weighted by Crippen LogP contribution is 2.19. The molecule has 66 valence electrons. The van der Waals surface area contributed by atoms with E-state index in [1.54, 1.807) is 0 Å². The van der Waals surface area contributed by atoms with Crippen molar-refractivity contribution < 1.29 is 0 Å². The fourth-order valence-electron chi connectivity index (χ4n) is 1.26. The lowest BCUT2D eigenvalue weighted by atomic mass is 10.0. The van der Waals surface area contributed by atoms with Crippen LogP contribution in [-0.2, 0) is 6.42 Å². The highest BCUT2D eigenvalue weighted by molar-refractivity contribution is 9.09. The van der Waals surface area contributed by atoms with Crippen molar-refractivity contribution in [1.82, 2.24) is 0 Å². The van der Waals surface area contributed by atoms with Gasteiger partial charge in [0, 0.05) is 10.2 Å². The molecule has 0 spiro atoms. The molecular weight excluding hydrogens is 232 g/mol. The molecule has 0 fully saturated rings. The Bertz CT molecular complexity index is 238. The van der Waals surface area contributed by atoms with Gasteiger partial charge >= 0.3 is 0 Å². The van der Waals surface area contributed by atoms with Gasteiger partial charge in [0.05, 0.1) is 0 Å². The molecule has 0 unspecified atom stereocenters. The monoisotopic (exact) mass is 244 g/mol. The number of alkyl halides is 1. The molecule has 1 aromatic rings. The van der Waals surface area contributed by atoms with Gasteiger partial charge < -0.3 is 0 Å². The summed E-state index contributed by atoms with van der Waals surface area (Å²) in [5.74, 6) is 0. The van der Waals surface area contributed by atoms with Crippen LogP contribution in [-0.4, -0.2) is 5.33 Å². The first-order chi connectivity index (χ1) is 5.75. The van der Waals surface area contributed by atoms with Gasteiger partial charge in [0.15, 0.2) is 0 Å². The molecular formula is C10H13BrS. The van der Waals surface area contributed by atoms with E-state index in [1.807, 2.05) is 0 Å². The Kier molecular flexibility index (Phi) is 4.16. The van der Waals surface area contributed by atoms with E-state index in [9.17, 15) is 0 Å². The van der Waals surface area contributed by atoms with Gasteiger partial charge in [0.2, 0.25) is 0 Å². The zero-order valence-electron chi connectivity index (χ0n) is 7.18. The fourth-order valence-corrected chi connectivity index (χ4v) is 1.91. The van der Waals surface area contributed by atoms with Crippen LogP contribution < -0.4 is 0 Å². The Hall–Kier alpha value is 0.0500. The molecule has 12 heavy (non-hydrogen) atoms. The lowest BCUT2D eigenvalue weighted by Gasteiger charge is -2.06. The summed E-state index contributed by atoms with van der Waals surface area (Å²) in [4.78, 5) is 1.12. The number of benzene rings is 1. The molecule has 0 aliphatic heterocycles. The molecule has 2 heteroatoms. The van der Waals surface area contributed by atoms with Gasteiger partial charge in [-0.1, -0.05) is 28.1 Å². The molecule has 0 aromatic heterocycles. The van der Waals surface area contributed by atoms with Crippen LogP contribution in [0.1, 0.15) is 17.5 Å². The number of rotatable bonds is 3. The number of hydrogen-bond acceptors (Lipinski definition) is 1. The van der Waals surface area contributed by atoms with E-state index < -0.39 is 0 Å². The first-order valence-corrected chi connectivity index (χ1v) is 5.66. The maximum Gasteiger partial charge on any atom is 0.00746 e. The lowest BCUT2D eigenvalue weighted by molar-refractivity contribution is 0.906. The van der Waals surface area contributed by atoms with Gasteiger partial charge in [-0.15, -0.1) is 12.6 Å². The number of hydrogen-bond donors (Lipinski definition) is 1. The van der Waals surface area contributed by atoms with Crippen molar-refractivity contribution in [2.45, 2.75) is 24.7 Å². The van der Waals surface area contributed by atoms with Gasteiger partial charge in [-0.3, -0.25) is 0 Å². The van der Waals surface area contributed by atoms with Crippen molar-refractivity contribution in [3.05, 3.63) is 29.3 Å². The summed E-state index contributed by atoms with van der Waals surface area (Å²) >= 11 is 7.86. The van der Waals surface area contributed by atoms with Crippen molar-refractivity contribution in [3.63, 3.8) is 0 Å². The van der Waals surface area contributed by atoms with Gasteiger partial charge in [-0.2, -0.15) is 0 Å². The van der Waals surface area contributed by atoms with Gasteiger partial charge in [-0.05, 0) is 37.0 Å². The molecule has 1 rings (SSSR count). The molecule has 0 N–H and O–H groups in total. The van der Waals surface area contributed by atoms with E-state index >= 15 is 0 Å². The first kappa shape index (κ1) is 10.1. The van der Waals surface area contributed by atoms with Gasteiger partial charge in [0.25, 0.3) is 0 Å². The third-order valence-corrected chi connectivity index (χ3v) is 2.93. The smallest absolute Gasteiger partial charge is 0.00746 e.